The fraction of sp³-hybridized carbons (Fsp3) is 0.440. The Hall–Kier alpha value is -2.93. The summed E-state index contributed by atoms with van der Waals surface area (Å²) >= 11 is 1.39. The summed E-state index contributed by atoms with van der Waals surface area (Å²) in [6, 6.07) is 6.20. The lowest BCUT2D eigenvalue weighted by Gasteiger charge is -2.29. The summed E-state index contributed by atoms with van der Waals surface area (Å²) in [6.07, 6.45) is -9.59. The molecule has 2 aromatic rings. The zero-order valence-corrected chi connectivity index (χ0v) is 21.3. The molecule has 4 rings (SSSR count). The van der Waals surface area contributed by atoms with Crippen LogP contribution in [0.2, 0.25) is 0 Å². The van der Waals surface area contributed by atoms with Gasteiger partial charge in [-0.25, -0.2) is 0 Å². The summed E-state index contributed by atoms with van der Waals surface area (Å²) in [6.45, 7) is 4.30. The number of rotatable bonds is 6. The standard InChI is InChI=1S/C25H25F6N3O3S/c1-23(21(35)33-22(38-23)34-9-7-32-8-10-34)13-15-3-6-19(20(11-15)36-2)37-14-16-4-5-17(24(26,27)28)12-18(16)25(29,30)31/h3-6,11-12,32H,7-10,13-14H2,1-2H3. The monoisotopic (exact) mass is 561 g/mol. The lowest BCUT2D eigenvalue weighted by molar-refractivity contribution is -0.143. The highest BCUT2D eigenvalue weighted by molar-refractivity contribution is 8.16. The number of piperazine rings is 1. The molecule has 1 N–H and O–H groups in total. The molecule has 1 unspecified atom stereocenters. The molecule has 0 bridgehead atoms. The largest absolute Gasteiger partial charge is 0.493 e. The van der Waals surface area contributed by atoms with E-state index in [0.29, 0.717) is 17.7 Å². The first-order valence-corrected chi connectivity index (χ1v) is 12.5. The number of carbonyl (C=O) groups is 1. The molecule has 6 nitrogen and oxygen atoms in total. The second kappa shape index (κ2) is 10.7. The Morgan fingerprint density at radius 2 is 1.74 bits per heavy atom. The molecule has 2 aliphatic rings. The van der Waals surface area contributed by atoms with Gasteiger partial charge in [0.15, 0.2) is 16.7 Å². The van der Waals surface area contributed by atoms with E-state index < -0.39 is 40.4 Å². The number of halogens is 6. The molecule has 0 radical (unpaired) electrons. The summed E-state index contributed by atoms with van der Waals surface area (Å²) in [5.41, 5.74) is -2.55. The molecule has 1 fully saturated rings. The van der Waals surface area contributed by atoms with Crippen molar-refractivity contribution in [1.29, 1.82) is 0 Å². The number of hydrogen-bond acceptors (Lipinski definition) is 6. The van der Waals surface area contributed by atoms with Crippen molar-refractivity contribution in [2.24, 2.45) is 4.99 Å². The number of methoxy groups -OCH3 is 1. The van der Waals surface area contributed by atoms with Gasteiger partial charge in [-0.2, -0.15) is 31.3 Å². The number of benzene rings is 2. The molecule has 2 aliphatic heterocycles. The number of hydrogen-bond donors (Lipinski definition) is 1. The van der Waals surface area contributed by atoms with Crippen molar-refractivity contribution in [3.63, 3.8) is 0 Å². The van der Waals surface area contributed by atoms with Crippen molar-refractivity contribution < 1.29 is 40.6 Å². The molecule has 13 heteroatoms. The van der Waals surface area contributed by atoms with Gasteiger partial charge in [0.25, 0.3) is 5.91 Å². The van der Waals surface area contributed by atoms with Crippen LogP contribution >= 0.6 is 11.8 Å². The molecule has 0 aliphatic carbocycles. The second-order valence-electron chi connectivity index (χ2n) is 9.09. The average molecular weight is 562 g/mol. The van der Waals surface area contributed by atoms with Crippen LogP contribution in [-0.2, 0) is 30.2 Å². The Labute approximate surface area is 219 Å². The third-order valence-corrected chi connectivity index (χ3v) is 7.55. The van der Waals surface area contributed by atoms with Gasteiger partial charge in [-0.05, 0) is 43.2 Å². The summed E-state index contributed by atoms with van der Waals surface area (Å²) in [7, 11) is 1.36. The Morgan fingerprint density at radius 1 is 1.03 bits per heavy atom. The predicted octanol–water partition coefficient (Wildman–Crippen LogP) is 5.15. The molecule has 0 aromatic heterocycles. The van der Waals surface area contributed by atoms with Crippen LogP contribution in [0, 0.1) is 0 Å². The molecule has 1 atom stereocenters. The number of nitrogens with zero attached hydrogens (tertiary/aromatic N) is 2. The van der Waals surface area contributed by atoms with Crippen LogP contribution in [0.4, 0.5) is 26.3 Å². The van der Waals surface area contributed by atoms with Crippen LogP contribution in [-0.4, -0.2) is 54.0 Å². The van der Waals surface area contributed by atoms with Crippen LogP contribution in [0.1, 0.15) is 29.2 Å². The number of amidine groups is 1. The van der Waals surface area contributed by atoms with E-state index >= 15 is 0 Å². The first kappa shape index (κ1) is 28.1. The molecular formula is C25H25F6N3O3S. The van der Waals surface area contributed by atoms with Crippen molar-refractivity contribution in [2.45, 2.75) is 37.1 Å². The van der Waals surface area contributed by atoms with E-state index in [4.69, 9.17) is 9.47 Å². The van der Waals surface area contributed by atoms with Gasteiger partial charge in [0.1, 0.15) is 11.4 Å². The number of aliphatic imine (C=N–C) groups is 1. The minimum absolute atomic E-state index is 0.0761. The van der Waals surface area contributed by atoms with Gasteiger partial charge in [-0.3, -0.25) is 4.79 Å². The lowest BCUT2D eigenvalue weighted by atomic mass is 9.99. The average Bonchev–Trinajstić information content (AvgIpc) is 3.16. The first-order valence-electron chi connectivity index (χ1n) is 11.6. The Kier molecular flexibility index (Phi) is 7.89. The van der Waals surface area contributed by atoms with Crippen LogP contribution in [0.5, 0.6) is 11.5 Å². The van der Waals surface area contributed by atoms with Crippen molar-refractivity contribution in [1.82, 2.24) is 10.2 Å². The smallest absolute Gasteiger partial charge is 0.416 e. The fourth-order valence-electron chi connectivity index (χ4n) is 4.20. The number of ether oxygens (including phenoxy) is 2. The molecule has 0 saturated carbocycles. The maximum Gasteiger partial charge on any atom is 0.416 e. The molecule has 1 saturated heterocycles. The zero-order valence-electron chi connectivity index (χ0n) is 20.5. The first-order chi connectivity index (χ1) is 17.8. The Balaban J connectivity index is 1.48. The lowest BCUT2D eigenvalue weighted by Crippen LogP contribution is -2.45. The predicted molar refractivity (Wildman–Crippen MR) is 130 cm³/mol. The van der Waals surface area contributed by atoms with E-state index in [9.17, 15) is 31.1 Å². The zero-order chi connectivity index (χ0) is 27.7. The number of alkyl halides is 6. The molecule has 1 amide bonds. The molecule has 38 heavy (non-hydrogen) atoms. The fourth-order valence-corrected chi connectivity index (χ4v) is 5.42. The normalized spacial score (nSPS) is 20.5. The molecule has 206 valence electrons. The highest BCUT2D eigenvalue weighted by Crippen LogP contribution is 2.41. The molecule has 2 heterocycles. The Morgan fingerprint density at radius 3 is 2.37 bits per heavy atom. The summed E-state index contributed by atoms with van der Waals surface area (Å²) < 4.78 is 89.2. The topological polar surface area (TPSA) is 63.2 Å². The van der Waals surface area contributed by atoms with Crippen LogP contribution in [0.15, 0.2) is 41.4 Å². The van der Waals surface area contributed by atoms with E-state index in [1.807, 2.05) is 0 Å². The van der Waals surface area contributed by atoms with Gasteiger partial charge >= 0.3 is 12.4 Å². The van der Waals surface area contributed by atoms with Gasteiger partial charge in [0.2, 0.25) is 0 Å². The SMILES string of the molecule is COc1cc(CC2(C)SC(N3CCNCC3)=NC2=O)ccc1OCc1ccc(C(F)(F)F)cc1C(F)(F)F. The highest BCUT2D eigenvalue weighted by Gasteiger charge is 2.43. The van der Waals surface area contributed by atoms with Crippen LogP contribution in [0.25, 0.3) is 0 Å². The number of carbonyl (C=O) groups excluding carboxylic acids is 1. The number of amides is 1. The van der Waals surface area contributed by atoms with Crippen LogP contribution < -0.4 is 14.8 Å². The minimum atomic E-state index is -5.00. The van der Waals surface area contributed by atoms with E-state index in [2.05, 4.69) is 15.2 Å². The minimum Gasteiger partial charge on any atom is -0.493 e. The maximum atomic E-state index is 13.5. The molecular weight excluding hydrogens is 536 g/mol. The quantitative estimate of drug-likeness (QED) is 0.493. The summed E-state index contributed by atoms with van der Waals surface area (Å²) in [4.78, 5) is 19.1. The maximum absolute atomic E-state index is 13.5. The van der Waals surface area contributed by atoms with E-state index in [0.717, 1.165) is 37.8 Å². The molecule has 2 aromatic carbocycles. The number of thioether (sulfide) groups is 1. The highest BCUT2D eigenvalue weighted by atomic mass is 32.2. The summed E-state index contributed by atoms with van der Waals surface area (Å²) in [5, 5.41) is 3.93. The third kappa shape index (κ3) is 6.20. The van der Waals surface area contributed by atoms with Crippen molar-refractivity contribution >= 4 is 22.8 Å². The Bertz CT molecular complexity index is 1230. The van der Waals surface area contributed by atoms with Gasteiger partial charge in [-0.1, -0.05) is 23.9 Å². The van der Waals surface area contributed by atoms with Gasteiger partial charge in [0, 0.05) is 31.7 Å². The second-order valence-corrected chi connectivity index (χ2v) is 10.6. The van der Waals surface area contributed by atoms with E-state index in [1.165, 1.54) is 24.9 Å². The summed E-state index contributed by atoms with van der Waals surface area (Å²) in [5.74, 6) is 0.0696. The van der Waals surface area contributed by atoms with E-state index in [-0.39, 0.29) is 23.5 Å². The van der Waals surface area contributed by atoms with Crippen molar-refractivity contribution in [2.75, 3.05) is 33.3 Å². The third-order valence-electron chi connectivity index (χ3n) is 6.25. The number of nitrogens with one attached hydrogen (secondary N) is 1. The van der Waals surface area contributed by atoms with Gasteiger partial charge < -0.3 is 19.7 Å². The van der Waals surface area contributed by atoms with Crippen LogP contribution in [0.3, 0.4) is 0 Å². The van der Waals surface area contributed by atoms with Crippen molar-refractivity contribution in [3.8, 4) is 11.5 Å². The van der Waals surface area contributed by atoms with Gasteiger partial charge in [0.05, 0.1) is 18.2 Å². The molecule has 0 spiro atoms. The van der Waals surface area contributed by atoms with E-state index in [1.54, 1.807) is 19.1 Å². The van der Waals surface area contributed by atoms with Crippen molar-refractivity contribution in [3.05, 3.63) is 58.7 Å². The van der Waals surface area contributed by atoms with Gasteiger partial charge in [-0.15, -0.1) is 0 Å².